The molecule has 1 aliphatic heterocycles. The number of benzene rings is 1. The first-order valence-corrected chi connectivity index (χ1v) is 9.96. The van der Waals surface area contributed by atoms with Crippen LogP contribution in [-0.4, -0.2) is 51.3 Å². The van der Waals surface area contributed by atoms with Gasteiger partial charge in [-0.2, -0.15) is 0 Å². The molecule has 1 saturated heterocycles. The number of ether oxygens (including phenoxy) is 2. The fourth-order valence-corrected chi connectivity index (χ4v) is 4.20. The summed E-state index contributed by atoms with van der Waals surface area (Å²) in [5.41, 5.74) is 1.18. The number of aliphatic imine (C=N–C) groups is 1. The molecule has 5 heteroatoms. The summed E-state index contributed by atoms with van der Waals surface area (Å²) in [5, 5.41) is 3.51. The van der Waals surface area contributed by atoms with Gasteiger partial charge < -0.3 is 19.7 Å². The molecule has 2 atom stereocenters. The van der Waals surface area contributed by atoms with Crippen LogP contribution in [0.4, 0.5) is 0 Å². The predicted octanol–water partition coefficient (Wildman–Crippen LogP) is 3.30. The summed E-state index contributed by atoms with van der Waals surface area (Å²) >= 11 is 0. The number of nitrogens with one attached hydrogen (secondary N) is 1. The quantitative estimate of drug-likeness (QED) is 0.461. The van der Waals surface area contributed by atoms with Gasteiger partial charge in [0, 0.05) is 33.3 Å². The maximum atomic E-state index is 5.78. The van der Waals surface area contributed by atoms with E-state index in [4.69, 9.17) is 9.47 Å². The Hall–Kier alpha value is -1.75. The number of rotatable bonds is 7. The van der Waals surface area contributed by atoms with Gasteiger partial charge in [0.15, 0.2) is 5.96 Å². The normalized spacial score (nSPS) is 23.0. The molecule has 3 rings (SSSR count). The van der Waals surface area contributed by atoms with E-state index in [1.165, 1.54) is 44.3 Å². The van der Waals surface area contributed by atoms with E-state index >= 15 is 0 Å². The van der Waals surface area contributed by atoms with Gasteiger partial charge in [0.1, 0.15) is 5.75 Å². The average Bonchev–Trinajstić information content (AvgIpc) is 3.12. The third-order valence-electron chi connectivity index (χ3n) is 5.66. The molecule has 1 saturated carbocycles. The molecule has 2 fully saturated rings. The van der Waals surface area contributed by atoms with Gasteiger partial charge in [-0.3, -0.25) is 4.99 Å². The Morgan fingerprint density at radius 2 is 1.85 bits per heavy atom. The summed E-state index contributed by atoms with van der Waals surface area (Å²) in [6.07, 6.45) is 6.60. The van der Waals surface area contributed by atoms with Crippen molar-refractivity contribution in [2.24, 2.45) is 16.8 Å². The van der Waals surface area contributed by atoms with Gasteiger partial charge in [0.05, 0.1) is 13.7 Å². The van der Waals surface area contributed by atoms with Gasteiger partial charge in [-0.25, -0.2) is 0 Å². The molecule has 0 amide bonds. The maximum absolute atomic E-state index is 5.78. The van der Waals surface area contributed by atoms with E-state index in [-0.39, 0.29) is 0 Å². The topological polar surface area (TPSA) is 46.1 Å². The van der Waals surface area contributed by atoms with E-state index in [0.29, 0.717) is 6.61 Å². The predicted molar refractivity (Wildman–Crippen MR) is 106 cm³/mol. The Kier molecular flexibility index (Phi) is 7.18. The highest BCUT2D eigenvalue weighted by atomic mass is 16.5. The Morgan fingerprint density at radius 3 is 2.46 bits per heavy atom. The van der Waals surface area contributed by atoms with Crippen LogP contribution < -0.4 is 10.1 Å². The van der Waals surface area contributed by atoms with Crippen molar-refractivity contribution in [2.75, 3.05) is 40.4 Å². The second-order valence-corrected chi connectivity index (χ2v) is 7.44. The van der Waals surface area contributed by atoms with Crippen molar-refractivity contribution in [3.8, 4) is 5.75 Å². The number of likely N-dealkylation sites (tertiary alicyclic amines) is 1. The lowest BCUT2D eigenvalue weighted by atomic mass is 9.82. The summed E-state index contributed by atoms with van der Waals surface area (Å²) in [7, 11) is 3.58. The van der Waals surface area contributed by atoms with E-state index in [2.05, 4.69) is 15.2 Å². The van der Waals surface area contributed by atoms with E-state index in [1.54, 1.807) is 7.11 Å². The van der Waals surface area contributed by atoms with Crippen molar-refractivity contribution < 1.29 is 9.47 Å². The number of hydrogen-bond donors (Lipinski definition) is 1. The van der Waals surface area contributed by atoms with E-state index in [1.807, 2.05) is 31.3 Å². The number of fused-ring (bicyclic) bond motifs is 1. The van der Waals surface area contributed by atoms with Gasteiger partial charge in [0.2, 0.25) is 0 Å². The van der Waals surface area contributed by atoms with Gasteiger partial charge in [0.25, 0.3) is 0 Å². The zero-order chi connectivity index (χ0) is 18.2. The number of methoxy groups -OCH3 is 1. The lowest BCUT2D eigenvalue weighted by molar-refractivity contribution is 0.119. The maximum Gasteiger partial charge on any atom is 0.193 e. The Labute approximate surface area is 157 Å². The van der Waals surface area contributed by atoms with Crippen LogP contribution in [0.25, 0.3) is 0 Å². The molecule has 2 unspecified atom stereocenters. The highest BCUT2D eigenvalue weighted by Gasteiger charge is 2.35. The van der Waals surface area contributed by atoms with Crippen molar-refractivity contribution in [3.05, 3.63) is 29.8 Å². The molecule has 1 aromatic carbocycles. The van der Waals surface area contributed by atoms with Gasteiger partial charge >= 0.3 is 0 Å². The number of hydrogen-bond acceptors (Lipinski definition) is 3. The van der Waals surface area contributed by atoms with Crippen LogP contribution in [0.5, 0.6) is 5.75 Å². The SMILES string of the molecule is CN=C(NCCCOCc1ccc(OC)cc1)N1CC2CCCCC2C1. The first kappa shape index (κ1) is 19.0. The molecule has 1 aromatic rings. The summed E-state index contributed by atoms with van der Waals surface area (Å²) in [4.78, 5) is 6.95. The fraction of sp³-hybridized carbons (Fsp3) is 0.667. The third kappa shape index (κ3) is 5.13. The molecule has 0 aromatic heterocycles. The molecular formula is C21H33N3O2. The highest BCUT2D eigenvalue weighted by Crippen LogP contribution is 2.35. The first-order chi connectivity index (χ1) is 12.8. The van der Waals surface area contributed by atoms with Crippen LogP contribution in [0.1, 0.15) is 37.7 Å². The highest BCUT2D eigenvalue weighted by molar-refractivity contribution is 5.80. The molecule has 2 aliphatic rings. The molecule has 144 valence electrons. The summed E-state index contributed by atoms with van der Waals surface area (Å²) < 4.78 is 10.9. The minimum absolute atomic E-state index is 0.647. The van der Waals surface area contributed by atoms with Crippen LogP contribution in [0, 0.1) is 11.8 Å². The minimum atomic E-state index is 0.647. The summed E-state index contributed by atoms with van der Waals surface area (Å²) in [6, 6.07) is 8.04. The molecular weight excluding hydrogens is 326 g/mol. The molecule has 0 radical (unpaired) electrons. The third-order valence-corrected chi connectivity index (χ3v) is 5.66. The van der Waals surface area contributed by atoms with Gasteiger partial charge in [-0.05, 0) is 48.8 Å². The zero-order valence-corrected chi connectivity index (χ0v) is 16.2. The molecule has 0 spiro atoms. The Morgan fingerprint density at radius 1 is 1.15 bits per heavy atom. The van der Waals surface area contributed by atoms with Crippen molar-refractivity contribution in [2.45, 2.75) is 38.7 Å². The van der Waals surface area contributed by atoms with E-state index in [9.17, 15) is 0 Å². The van der Waals surface area contributed by atoms with Crippen molar-refractivity contribution >= 4 is 5.96 Å². The smallest absolute Gasteiger partial charge is 0.193 e. The molecule has 0 bridgehead atoms. The van der Waals surface area contributed by atoms with Crippen molar-refractivity contribution in [1.82, 2.24) is 10.2 Å². The fourth-order valence-electron chi connectivity index (χ4n) is 4.20. The van der Waals surface area contributed by atoms with Gasteiger partial charge in [-0.1, -0.05) is 25.0 Å². The van der Waals surface area contributed by atoms with E-state index in [0.717, 1.165) is 43.1 Å². The molecule has 1 N–H and O–H groups in total. The largest absolute Gasteiger partial charge is 0.497 e. The van der Waals surface area contributed by atoms with Crippen LogP contribution >= 0.6 is 0 Å². The van der Waals surface area contributed by atoms with Crippen LogP contribution in [-0.2, 0) is 11.3 Å². The standard InChI is InChI=1S/C21H33N3O2/c1-22-21(24-14-18-6-3-4-7-19(18)15-24)23-12-5-13-26-16-17-8-10-20(25-2)11-9-17/h8-11,18-19H,3-7,12-16H2,1-2H3,(H,22,23). The van der Waals surface area contributed by atoms with Crippen molar-refractivity contribution in [1.29, 1.82) is 0 Å². The lowest BCUT2D eigenvalue weighted by Crippen LogP contribution is -2.40. The Balaban J connectivity index is 1.31. The number of guanidine groups is 1. The van der Waals surface area contributed by atoms with Gasteiger partial charge in [-0.15, -0.1) is 0 Å². The minimum Gasteiger partial charge on any atom is -0.497 e. The van der Waals surface area contributed by atoms with E-state index < -0.39 is 0 Å². The zero-order valence-electron chi connectivity index (χ0n) is 16.2. The number of nitrogens with zero attached hydrogens (tertiary/aromatic N) is 2. The average molecular weight is 360 g/mol. The molecule has 26 heavy (non-hydrogen) atoms. The second kappa shape index (κ2) is 9.81. The monoisotopic (exact) mass is 359 g/mol. The lowest BCUT2D eigenvalue weighted by Gasteiger charge is -2.22. The second-order valence-electron chi connectivity index (χ2n) is 7.44. The van der Waals surface area contributed by atoms with Crippen LogP contribution in [0.15, 0.2) is 29.3 Å². The van der Waals surface area contributed by atoms with Crippen LogP contribution in [0.2, 0.25) is 0 Å². The molecule has 1 heterocycles. The summed E-state index contributed by atoms with van der Waals surface area (Å²) in [6.45, 7) is 4.66. The van der Waals surface area contributed by atoms with Crippen LogP contribution in [0.3, 0.4) is 0 Å². The molecule has 1 aliphatic carbocycles. The first-order valence-electron chi connectivity index (χ1n) is 9.96. The van der Waals surface area contributed by atoms with Crippen molar-refractivity contribution in [3.63, 3.8) is 0 Å². The summed E-state index contributed by atoms with van der Waals surface area (Å²) in [5.74, 6) is 3.71. The Bertz CT molecular complexity index is 559. The molecule has 5 nitrogen and oxygen atoms in total.